The van der Waals surface area contributed by atoms with Gasteiger partial charge in [0.2, 0.25) is 0 Å². The van der Waals surface area contributed by atoms with Gasteiger partial charge in [0.15, 0.2) is 0 Å². The van der Waals surface area contributed by atoms with Gasteiger partial charge >= 0.3 is 66.9 Å². The third-order valence-corrected chi connectivity index (χ3v) is 5.62. The minimum absolute atomic E-state index is 0.181. The predicted octanol–water partition coefficient (Wildman–Crippen LogP) is 8.65. The van der Waals surface area contributed by atoms with Crippen molar-refractivity contribution in [2.75, 3.05) is 0 Å². The molecule has 6 heteroatoms. The molecule has 26 heavy (non-hydrogen) atoms. The van der Waals surface area contributed by atoms with Crippen molar-refractivity contribution in [2.45, 2.75) is 69.2 Å². The van der Waals surface area contributed by atoms with Crippen LogP contribution in [0.4, 0.5) is 0 Å². The summed E-state index contributed by atoms with van der Waals surface area (Å²) in [7, 11) is 19.3. The number of rotatable bonds is 0. The molecule has 0 atom stereocenters. The molecule has 2 aromatic carbocycles. The van der Waals surface area contributed by atoms with Crippen LogP contribution in [0.15, 0.2) is 0 Å². The Balaban J connectivity index is 0. The molecule has 0 heterocycles. The first-order valence-corrected chi connectivity index (χ1v) is 15.1. The van der Waals surface area contributed by atoms with Gasteiger partial charge in [-0.1, -0.05) is 34.6 Å². The molecule has 0 unspecified atom stereocenters. The van der Waals surface area contributed by atoms with E-state index in [0.717, 1.165) is 0 Å². The maximum atomic E-state index is 4.83. The van der Waals surface area contributed by atoms with Crippen LogP contribution in [0.5, 0.6) is 0 Å². The number of halogens is 4. The van der Waals surface area contributed by atoms with E-state index in [2.05, 4.69) is 69.2 Å². The van der Waals surface area contributed by atoms with E-state index in [1.165, 1.54) is 55.6 Å². The van der Waals surface area contributed by atoms with Gasteiger partial charge in [0.25, 0.3) is 0 Å². The molecule has 0 amide bonds. The Bertz CT molecular complexity index is 452. The molecule has 2 aromatic rings. The van der Waals surface area contributed by atoms with E-state index in [0.29, 0.717) is 0 Å². The van der Waals surface area contributed by atoms with Crippen LogP contribution in [0.25, 0.3) is 0 Å². The summed E-state index contributed by atoms with van der Waals surface area (Å²) >= 11 is -0.361. The third-order valence-electron chi connectivity index (χ3n) is 5.62. The molecule has 156 valence electrons. The summed E-state index contributed by atoms with van der Waals surface area (Å²) in [6.07, 6.45) is 0. The first kappa shape index (κ1) is 29.1. The second kappa shape index (κ2) is 14.9. The van der Waals surface area contributed by atoms with Crippen LogP contribution in [0.1, 0.15) is 55.6 Å². The van der Waals surface area contributed by atoms with E-state index in [4.69, 9.17) is 40.2 Å². The van der Waals surface area contributed by atoms with Gasteiger partial charge in [0, 0.05) is 0 Å². The van der Waals surface area contributed by atoms with Gasteiger partial charge in [0.05, 0.1) is 0 Å². The van der Waals surface area contributed by atoms with E-state index < -0.39 is 0 Å². The van der Waals surface area contributed by atoms with Crippen molar-refractivity contribution in [1.82, 2.24) is 0 Å². The van der Waals surface area contributed by atoms with E-state index in [1.807, 2.05) is 0 Å². The van der Waals surface area contributed by atoms with Gasteiger partial charge in [-0.05, 0) is 0 Å². The quantitative estimate of drug-likeness (QED) is 0.308. The normalized spacial score (nSPS) is 9.46. The predicted molar refractivity (Wildman–Crippen MR) is 115 cm³/mol. The van der Waals surface area contributed by atoms with Crippen molar-refractivity contribution in [2.24, 2.45) is 0 Å². The third kappa shape index (κ3) is 8.52. The Morgan fingerprint density at radius 3 is 0.731 bits per heavy atom. The molecule has 0 bridgehead atoms. The second-order valence-corrected chi connectivity index (χ2v) is 10.6. The maximum absolute atomic E-state index is 4.83. The molecule has 0 N–H and O–H groups in total. The van der Waals surface area contributed by atoms with E-state index >= 15 is 0 Å². The zero-order valence-corrected chi connectivity index (χ0v) is 22.9. The Hall–Kier alpha value is 0.925. The molecule has 0 aromatic heterocycles. The summed E-state index contributed by atoms with van der Waals surface area (Å²) in [5.74, 6) is 0. The average molecular weight is 516 g/mol. The molecule has 0 saturated heterocycles. The Kier molecular flexibility index (Phi) is 16.6. The van der Waals surface area contributed by atoms with Gasteiger partial charge in [-0.25, -0.2) is 34.6 Å². The van der Waals surface area contributed by atoms with Gasteiger partial charge in [0.1, 0.15) is 0 Å². The molecule has 0 radical (unpaired) electrons. The number of hydrogen-bond acceptors (Lipinski definition) is 0. The fraction of sp³-hybridized carbons (Fsp3) is 0.500. The minimum atomic E-state index is -0.181. The fourth-order valence-electron chi connectivity index (χ4n) is 2.81. The van der Waals surface area contributed by atoms with Crippen LogP contribution in [-0.4, -0.2) is 0 Å². The van der Waals surface area contributed by atoms with Crippen molar-refractivity contribution in [1.29, 1.82) is 0 Å². The van der Waals surface area contributed by atoms with Crippen molar-refractivity contribution < 1.29 is 26.8 Å². The SMILES string of the molecule is C[c-]1[c-](C)[c-](C)[c-](C)[c-]1C.Cc1c(C)c(C)[c-](C)c1C.[Cl][Cr][Cl].[Cl][Cr][Cl]. The number of hydrogen-bond donors (Lipinski definition) is 0. The Morgan fingerprint density at radius 2 is 0.654 bits per heavy atom. The summed E-state index contributed by atoms with van der Waals surface area (Å²) in [5.41, 5.74) is 14.7. The molecule has 0 aliphatic rings. The fourth-order valence-corrected chi connectivity index (χ4v) is 2.81. The standard InChI is InChI=1S/2C10H15.4ClH.2Cr/c2*1-6-7(2)9(4)10(5)8(6)3;;;;;;/h2*1-5H3;4*1H;;/q-5;-1;;;;;2*+2/p-4. The summed E-state index contributed by atoms with van der Waals surface area (Å²) in [5, 5.41) is 0. The van der Waals surface area contributed by atoms with Gasteiger partial charge in [-0.2, -0.15) is 27.8 Å². The average Bonchev–Trinajstić information content (AvgIpc) is 2.87. The zero-order chi connectivity index (χ0) is 21.2. The summed E-state index contributed by atoms with van der Waals surface area (Å²) in [6, 6.07) is 0. The van der Waals surface area contributed by atoms with E-state index in [1.54, 1.807) is 0 Å². The zero-order valence-electron chi connectivity index (χ0n) is 17.3. The van der Waals surface area contributed by atoms with E-state index in [9.17, 15) is 0 Å². The molecular formula is C20H30Cl4Cr2-6. The molecule has 2 rings (SSSR count). The molecule has 0 fully saturated rings. The van der Waals surface area contributed by atoms with Gasteiger partial charge in [-0.15, -0.1) is 0 Å². The van der Waals surface area contributed by atoms with Crippen molar-refractivity contribution in [3.63, 3.8) is 0 Å². The molecule has 0 spiro atoms. The van der Waals surface area contributed by atoms with Crippen LogP contribution in [0, 0.1) is 69.2 Å². The first-order valence-electron chi connectivity index (χ1n) is 8.12. The molecule has 0 aliphatic heterocycles. The Labute approximate surface area is 190 Å². The summed E-state index contributed by atoms with van der Waals surface area (Å²) in [6.45, 7) is 22.0. The van der Waals surface area contributed by atoms with Crippen LogP contribution in [0.3, 0.4) is 0 Å². The van der Waals surface area contributed by atoms with Gasteiger partial charge < -0.3 is 27.8 Å². The monoisotopic (exact) mass is 514 g/mol. The molecule has 0 nitrogen and oxygen atoms in total. The molecular weight excluding hydrogens is 486 g/mol. The first-order chi connectivity index (χ1) is 11.9. The van der Waals surface area contributed by atoms with Crippen LogP contribution in [-0.2, 0) is 26.8 Å². The Morgan fingerprint density at radius 1 is 0.500 bits per heavy atom. The topological polar surface area (TPSA) is 0 Å². The van der Waals surface area contributed by atoms with Gasteiger partial charge in [-0.3, -0.25) is 0 Å². The summed E-state index contributed by atoms with van der Waals surface area (Å²) < 4.78 is 0. The van der Waals surface area contributed by atoms with Crippen molar-refractivity contribution in [3.05, 3.63) is 55.6 Å². The van der Waals surface area contributed by atoms with Crippen LogP contribution >= 0.6 is 40.2 Å². The summed E-state index contributed by atoms with van der Waals surface area (Å²) in [4.78, 5) is 0. The van der Waals surface area contributed by atoms with E-state index in [-0.39, 0.29) is 26.8 Å². The van der Waals surface area contributed by atoms with Crippen LogP contribution < -0.4 is 0 Å². The second-order valence-electron chi connectivity index (χ2n) is 6.37. The molecule has 0 saturated carbocycles. The van der Waals surface area contributed by atoms with Crippen LogP contribution in [0.2, 0.25) is 0 Å². The molecule has 0 aliphatic carbocycles. The van der Waals surface area contributed by atoms with Crippen molar-refractivity contribution >= 4 is 40.2 Å². The van der Waals surface area contributed by atoms with Crippen molar-refractivity contribution in [3.8, 4) is 0 Å².